The van der Waals surface area contributed by atoms with Crippen LogP contribution >= 0.6 is 0 Å². The molecule has 28 heavy (non-hydrogen) atoms. The van der Waals surface area contributed by atoms with E-state index in [9.17, 15) is 19.1 Å². The van der Waals surface area contributed by atoms with Crippen LogP contribution in [0.5, 0.6) is 5.75 Å². The first-order valence-electron chi connectivity index (χ1n) is 8.31. The van der Waals surface area contributed by atoms with Crippen LogP contribution in [0.2, 0.25) is 0 Å². The fraction of sp³-hybridized carbons (Fsp3) is 0.200. The van der Waals surface area contributed by atoms with Crippen LogP contribution in [0.3, 0.4) is 0 Å². The molecule has 0 spiro atoms. The van der Waals surface area contributed by atoms with Gasteiger partial charge >= 0.3 is 5.97 Å². The molecular weight excluding hydrogens is 440 g/mol. The van der Waals surface area contributed by atoms with Crippen molar-refractivity contribution in [3.63, 3.8) is 0 Å². The molecule has 0 unspecified atom stereocenters. The van der Waals surface area contributed by atoms with Gasteiger partial charge < -0.3 is 14.4 Å². The number of aromatic nitrogens is 2. The molecule has 0 aliphatic heterocycles. The van der Waals surface area contributed by atoms with Gasteiger partial charge in [-0.15, -0.1) is 17.7 Å². The first-order chi connectivity index (χ1) is 12.8. The summed E-state index contributed by atoms with van der Waals surface area (Å²) in [7, 11) is 1.49. The van der Waals surface area contributed by atoms with E-state index in [-0.39, 0.29) is 50.6 Å². The molecule has 2 heterocycles. The van der Waals surface area contributed by atoms with Crippen LogP contribution in [0.4, 0.5) is 4.39 Å². The number of fused-ring (bicyclic) bond motifs is 1. The Labute approximate surface area is 186 Å². The number of nitrogens with zero attached hydrogens (tertiary/aromatic N) is 2. The predicted molar refractivity (Wildman–Crippen MR) is 98.3 cm³/mol. The molecule has 143 valence electrons. The van der Waals surface area contributed by atoms with Crippen LogP contribution in [0.1, 0.15) is 34.0 Å². The number of hydrogen-bond acceptors (Lipinski definition) is 5. The molecule has 3 rings (SSSR count). The second kappa shape index (κ2) is 8.84. The zero-order valence-corrected chi connectivity index (χ0v) is 18.4. The summed E-state index contributed by atoms with van der Waals surface area (Å²) < 4.78 is 19.3. The van der Waals surface area contributed by atoms with Crippen LogP contribution in [-0.2, 0) is 50.9 Å². The largest absolute Gasteiger partial charge is 0.505 e. The summed E-state index contributed by atoms with van der Waals surface area (Å²) in [6.45, 7) is 5.52. The number of aromatic hydroxyl groups is 1. The number of ether oxygens (including phenoxy) is 1. The molecule has 0 bridgehead atoms. The summed E-state index contributed by atoms with van der Waals surface area (Å²) in [5, 5.41) is 10.4. The van der Waals surface area contributed by atoms with E-state index in [1.165, 1.54) is 29.9 Å². The van der Waals surface area contributed by atoms with Gasteiger partial charge in [0.25, 0.3) is 5.56 Å². The molecule has 0 aliphatic carbocycles. The zero-order valence-electron chi connectivity index (χ0n) is 15.5. The van der Waals surface area contributed by atoms with E-state index in [0.29, 0.717) is 17.5 Å². The van der Waals surface area contributed by atoms with E-state index in [0.717, 1.165) is 11.1 Å². The quantitative estimate of drug-likeness (QED) is 0.481. The van der Waals surface area contributed by atoms with Crippen molar-refractivity contribution < 1.29 is 51.7 Å². The van der Waals surface area contributed by atoms with Gasteiger partial charge in [0.15, 0.2) is 11.3 Å². The Kier molecular flexibility index (Phi) is 6.96. The molecule has 0 aliphatic rings. The summed E-state index contributed by atoms with van der Waals surface area (Å²) in [5.41, 5.74) is 1.51. The number of carbonyl (C=O) groups excluding carboxylic acids is 1. The van der Waals surface area contributed by atoms with Crippen molar-refractivity contribution in [2.24, 2.45) is 7.05 Å². The minimum absolute atomic E-state index is 0. The number of aryl methyl sites for hydroxylation is 1. The molecule has 3 aromatic rings. The Hall–Kier alpha value is -2.25. The number of esters is 1. The van der Waals surface area contributed by atoms with E-state index >= 15 is 0 Å². The number of hydrogen-bond donors (Lipinski definition) is 1. The molecule has 0 amide bonds. The molecule has 0 atom stereocenters. The third-order valence-corrected chi connectivity index (χ3v) is 4.31. The fourth-order valence-electron chi connectivity index (χ4n) is 2.90. The summed E-state index contributed by atoms with van der Waals surface area (Å²) in [6, 6.07) is 6.03. The van der Waals surface area contributed by atoms with Crippen LogP contribution in [0.25, 0.3) is 11.0 Å². The fourth-order valence-corrected chi connectivity index (χ4v) is 2.90. The summed E-state index contributed by atoms with van der Waals surface area (Å²) in [4.78, 5) is 28.7. The molecule has 1 N–H and O–H groups in total. The molecular formula is C20H18FN2O4Y-. The van der Waals surface area contributed by atoms with Gasteiger partial charge in [-0.05, 0) is 25.0 Å². The monoisotopic (exact) mass is 458 g/mol. The smallest absolute Gasteiger partial charge is 0.347 e. The Morgan fingerprint density at radius 2 is 2.07 bits per heavy atom. The van der Waals surface area contributed by atoms with Crippen molar-refractivity contribution >= 4 is 17.0 Å². The molecule has 6 nitrogen and oxygen atoms in total. The number of carbonyl (C=O) groups is 1. The zero-order chi connectivity index (χ0) is 19.7. The Morgan fingerprint density at radius 1 is 1.36 bits per heavy atom. The number of rotatable bonds is 4. The average molecular weight is 458 g/mol. The Bertz CT molecular complexity index is 1110. The van der Waals surface area contributed by atoms with Gasteiger partial charge in [0.05, 0.1) is 17.9 Å². The third kappa shape index (κ3) is 4.10. The molecule has 8 heteroatoms. The molecule has 0 fully saturated rings. The molecule has 2 aromatic heterocycles. The minimum atomic E-state index is -0.892. The predicted octanol–water partition coefficient (Wildman–Crippen LogP) is 2.73. The summed E-state index contributed by atoms with van der Waals surface area (Å²) in [5.74, 6) is -1.76. The maximum absolute atomic E-state index is 13.2. The van der Waals surface area contributed by atoms with E-state index in [2.05, 4.69) is 11.9 Å². The van der Waals surface area contributed by atoms with Gasteiger partial charge in [-0.3, -0.25) is 9.78 Å². The van der Waals surface area contributed by atoms with E-state index in [4.69, 9.17) is 4.74 Å². The van der Waals surface area contributed by atoms with Gasteiger partial charge in [0.2, 0.25) is 0 Å². The Balaban J connectivity index is 0.00000280. The van der Waals surface area contributed by atoms with Gasteiger partial charge in [-0.1, -0.05) is 6.07 Å². The van der Waals surface area contributed by atoms with E-state index in [1.54, 1.807) is 19.1 Å². The van der Waals surface area contributed by atoms with Crippen molar-refractivity contribution in [2.45, 2.75) is 13.3 Å². The molecule has 1 radical (unpaired) electrons. The summed E-state index contributed by atoms with van der Waals surface area (Å²) in [6.07, 6.45) is 1.96. The molecule has 0 saturated heterocycles. The number of pyridine rings is 2. The molecule has 0 saturated carbocycles. The normalized spacial score (nSPS) is 10.5. The SMILES string of the molecule is [CH2-]c1cc(F)ccc1Cc1cnc2c(O)c(C(=O)OCC)c(=O)n(C)c2c1.[Y]. The standard InChI is InChI=1S/C20H18FN2O4.Y/c1-4-27-20(26)16-18(24)17-15(23(3)19(16)25)9-12(10-22-17)8-13-5-6-14(21)7-11(13)2;/h5-7,9-10,24H,2,4,8H2,1,3H3;/q-1;. The van der Waals surface area contributed by atoms with Gasteiger partial charge in [0, 0.05) is 46.0 Å². The second-order valence-electron chi connectivity index (χ2n) is 6.11. The van der Waals surface area contributed by atoms with Crippen LogP contribution in [-0.4, -0.2) is 27.2 Å². The number of benzene rings is 1. The average Bonchev–Trinajstić information content (AvgIpc) is 2.62. The van der Waals surface area contributed by atoms with Crippen molar-refractivity contribution in [2.75, 3.05) is 6.61 Å². The topological polar surface area (TPSA) is 81.4 Å². The van der Waals surface area contributed by atoms with Gasteiger partial charge in [0.1, 0.15) is 5.52 Å². The third-order valence-electron chi connectivity index (χ3n) is 4.31. The number of halogens is 1. The van der Waals surface area contributed by atoms with E-state index < -0.39 is 22.8 Å². The maximum Gasteiger partial charge on any atom is 0.347 e. The van der Waals surface area contributed by atoms with Crippen LogP contribution < -0.4 is 5.56 Å². The van der Waals surface area contributed by atoms with E-state index in [1.807, 2.05) is 0 Å². The van der Waals surface area contributed by atoms with Gasteiger partial charge in [-0.2, -0.15) is 12.5 Å². The second-order valence-corrected chi connectivity index (χ2v) is 6.11. The molecule has 1 aromatic carbocycles. The summed E-state index contributed by atoms with van der Waals surface area (Å²) >= 11 is 0. The first kappa shape index (κ1) is 22.0. The van der Waals surface area contributed by atoms with Crippen molar-refractivity contribution in [3.8, 4) is 5.75 Å². The van der Waals surface area contributed by atoms with Crippen LogP contribution in [0, 0.1) is 12.7 Å². The minimum Gasteiger partial charge on any atom is -0.505 e. The van der Waals surface area contributed by atoms with Crippen molar-refractivity contribution in [1.29, 1.82) is 0 Å². The Morgan fingerprint density at radius 3 is 2.71 bits per heavy atom. The first-order valence-corrected chi connectivity index (χ1v) is 8.31. The maximum atomic E-state index is 13.2. The van der Waals surface area contributed by atoms with Crippen molar-refractivity contribution in [1.82, 2.24) is 9.55 Å². The van der Waals surface area contributed by atoms with Gasteiger partial charge in [-0.25, -0.2) is 9.18 Å². The van der Waals surface area contributed by atoms with Crippen LogP contribution in [0.15, 0.2) is 35.3 Å². The van der Waals surface area contributed by atoms with Crippen molar-refractivity contribution in [3.05, 3.63) is 75.8 Å².